The largest absolute Gasteiger partial charge is 0.378 e. The normalized spacial score (nSPS) is 25.3. The first-order chi connectivity index (χ1) is 2.77. The maximum Gasteiger partial charge on any atom is 0.126 e. The molecule has 1 heteroatoms. The average Bonchev–Trinajstić information content (AvgIpc) is 2.22. The lowest BCUT2D eigenvalue weighted by atomic mass is 10.4. The predicted molar refractivity (Wildman–Crippen MR) is 21.3 cm³/mol. The van der Waals surface area contributed by atoms with Gasteiger partial charge in [-0.2, -0.15) is 0 Å². The first kappa shape index (κ1) is 3.70. The minimum atomic E-state index is -0.792. The number of hydrogen-bond acceptors (Lipinski definition) is 1. The molecule has 0 unspecified atom stereocenters. The Morgan fingerprint density at radius 2 is 2.17 bits per heavy atom. The molecule has 1 nitrogen and oxygen atoms in total. The van der Waals surface area contributed by atoms with Crippen LogP contribution in [0.1, 0.15) is 12.8 Å². The zero-order chi connectivity index (χ0) is 4.62. The van der Waals surface area contributed by atoms with Gasteiger partial charge in [0.15, 0.2) is 0 Å². The van der Waals surface area contributed by atoms with E-state index in [1.54, 1.807) is 0 Å². The summed E-state index contributed by atoms with van der Waals surface area (Å²) in [5.41, 5.74) is -0.792. The van der Waals surface area contributed by atoms with Gasteiger partial charge < -0.3 is 5.11 Å². The molecule has 0 aliphatic heterocycles. The van der Waals surface area contributed by atoms with E-state index < -0.39 is 5.60 Å². The van der Waals surface area contributed by atoms with Crippen LogP contribution in [0.5, 0.6) is 0 Å². The zero-order valence-corrected chi connectivity index (χ0v) is 3.36. The topological polar surface area (TPSA) is 20.2 Å². The fourth-order valence-corrected chi connectivity index (χ4v) is 0.243. The van der Waals surface area contributed by atoms with Crippen molar-refractivity contribution in [3.8, 4) is 5.92 Å². The summed E-state index contributed by atoms with van der Waals surface area (Å²) < 4.78 is 0. The van der Waals surface area contributed by atoms with Crippen molar-refractivity contribution < 1.29 is 5.11 Å². The van der Waals surface area contributed by atoms with Crippen LogP contribution in [0.25, 0.3) is 0 Å². The Labute approximate surface area is 37.0 Å². The summed E-state index contributed by atoms with van der Waals surface area (Å²) in [6, 6.07) is 0. The van der Waals surface area contributed by atoms with E-state index in [1.807, 2.05) is 5.92 Å². The highest BCUT2D eigenvalue weighted by molar-refractivity contribution is 5.13. The van der Waals surface area contributed by atoms with E-state index in [-0.39, 0.29) is 0 Å². The molecule has 0 bridgehead atoms. The minimum absolute atomic E-state index is 0.733. The van der Waals surface area contributed by atoms with E-state index in [2.05, 4.69) is 0 Å². The monoisotopic (exact) mass is 81.0 g/mol. The quantitative estimate of drug-likeness (QED) is 0.410. The van der Waals surface area contributed by atoms with Gasteiger partial charge in [-0.05, 0) is 19.3 Å². The molecule has 0 saturated heterocycles. The Balaban J connectivity index is 2.54. The highest BCUT2D eigenvalue weighted by Gasteiger charge is 2.37. The van der Waals surface area contributed by atoms with Gasteiger partial charge in [0.2, 0.25) is 0 Å². The van der Waals surface area contributed by atoms with Crippen molar-refractivity contribution in [2.75, 3.05) is 0 Å². The van der Waals surface area contributed by atoms with Gasteiger partial charge >= 0.3 is 0 Å². The smallest absolute Gasteiger partial charge is 0.126 e. The molecule has 0 aromatic rings. The van der Waals surface area contributed by atoms with Gasteiger partial charge in [-0.25, -0.2) is 0 Å². The van der Waals surface area contributed by atoms with Crippen LogP contribution >= 0.6 is 0 Å². The Morgan fingerprint density at radius 1 is 1.67 bits per heavy atom. The molecule has 1 aliphatic rings. The summed E-state index contributed by atoms with van der Waals surface area (Å²) in [5, 5.41) is 8.64. The van der Waals surface area contributed by atoms with Crippen LogP contribution in [-0.4, -0.2) is 10.7 Å². The van der Waals surface area contributed by atoms with E-state index in [9.17, 15) is 0 Å². The lowest BCUT2D eigenvalue weighted by molar-refractivity contribution is 0.212. The molecule has 0 aromatic heterocycles. The van der Waals surface area contributed by atoms with Crippen LogP contribution in [0.4, 0.5) is 0 Å². The van der Waals surface area contributed by atoms with Crippen molar-refractivity contribution in [3.63, 3.8) is 0 Å². The standard InChI is InChI=1S/C5H5O/c1-2-5(6)3-4-5/h6H,3-4H2. The first-order valence-corrected chi connectivity index (χ1v) is 1.93. The highest BCUT2D eigenvalue weighted by Crippen LogP contribution is 2.33. The third-order valence-electron chi connectivity index (χ3n) is 0.956. The molecule has 0 spiro atoms. The molecule has 0 heterocycles. The maximum absolute atomic E-state index is 8.64. The van der Waals surface area contributed by atoms with Crippen LogP contribution < -0.4 is 0 Å². The minimum Gasteiger partial charge on any atom is -0.378 e. The zero-order valence-electron chi connectivity index (χ0n) is 3.36. The van der Waals surface area contributed by atoms with Crippen molar-refractivity contribution in [3.05, 3.63) is 6.42 Å². The van der Waals surface area contributed by atoms with Gasteiger partial charge in [-0.1, -0.05) is 5.92 Å². The second-order valence-corrected chi connectivity index (χ2v) is 1.66. The Hall–Kier alpha value is -0.480. The van der Waals surface area contributed by atoms with Crippen LogP contribution in [0.3, 0.4) is 0 Å². The summed E-state index contributed by atoms with van der Waals surface area (Å²) in [7, 11) is 0. The molecule has 1 radical (unpaired) electrons. The molecule has 0 amide bonds. The summed E-state index contributed by atoms with van der Waals surface area (Å²) >= 11 is 0. The summed E-state index contributed by atoms with van der Waals surface area (Å²) in [6.45, 7) is 0. The Kier molecular flexibility index (Phi) is 0.476. The van der Waals surface area contributed by atoms with E-state index in [1.165, 1.54) is 0 Å². The van der Waals surface area contributed by atoms with Gasteiger partial charge in [0, 0.05) is 0 Å². The number of aliphatic hydroxyl groups is 1. The van der Waals surface area contributed by atoms with E-state index >= 15 is 0 Å². The van der Waals surface area contributed by atoms with E-state index in [0.717, 1.165) is 12.8 Å². The average molecular weight is 81.1 g/mol. The molecule has 1 fully saturated rings. The molecule has 1 saturated carbocycles. The number of rotatable bonds is 0. The molecule has 6 heavy (non-hydrogen) atoms. The van der Waals surface area contributed by atoms with Crippen LogP contribution in [0.15, 0.2) is 0 Å². The fourth-order valence-electron chi connectivity index (χ4n) is 0.243. The Bertz CT molecular complexity index is 95.0. The molecular formula is C5H5O. The molecular weight excluding hydrogens is 76.1 g/mol. The molecule has 1 N–H and O–H groups in total. The first-order valence-electron chi connectivity index (χ1n) is 1.93. The van der Waals surface area contributed by atoms with Crippen molar-refractivity contribution in [2.45, 2.75) is 18.4 Å². The van der Waals surface area contributed by atoms with Crippen LogP contribution in [-0.2, 0) is 0 Å². The fraction of sp³-hybridized carbons (Fsp3) is 0.600. The summed E-state index contributed by atoms with van der Waals surface area (Å²) in [6.07, 6.45) is 7.88. The van der Waals surface area contributed by atoms with E-state index in [0.29, 0.717) is 0 Å². The van der Waals surface area contributed by atoms with Crippen molar-refractivity contribution in [2.24, 2.45) is 0 Å². The second-order valence-electron chi connectivity index (χ2n) is 1.66. The van der Waals surface area contributed by atoms with Crippen LogP contribution in [0.2, 0.25) is 0 Å². The highest BCUT2D eigenvalue weighted by atomic mass is 16.3. The van der Waals surface area contributed by atoms with Gasteiger partial charge in [0.25, 0.3) is 0 Å². The molecule has 0 aromatic carbocycles. The lowest BCUT2D eigenvalue weighted by Crippen LogP contribution is -1.98. The third kappa shape index (κ3) is 0.395. The van der Waals surface area contributed by atoms with Crippen molar-refractivity contribution >= 4 is 0 Å². The van der Waals surface area contributed by atoms with Gasteiger partial charge in [-0.3, -0.25) is 0 Å². The maximum atomic E-state index is 8.64. The third-order valence-corrected chi connectivity index (χ3v) is 0.956. The molecule has 1 rings (SSSR count). The summed E-state index contributed by atoms with van der Waals surface area (Å²) in [5.74, 6) is 2.02. The van der Waals surface area contributed by atoms with Gasteiger partial charge in [0.1, 0.15) is 5.60 Å². The van der Waals surface area contributed by atoms with Gasteiger partial charge in [-0.15, -0.1) is 0 Å². The van der Waals surface area contributed by atoms with Crippen LogP contribution in [0, 0.1) is 12.3 Å². The Morgan fingerprint density at radius 3 is 2.17 bits per heavy atom. The van der Waals surface area contributed by atoms with E-state index in [4.69, 9.17) is 11.5 Å². The molecule has 1 aliphatic carbocycles. The second kappa shape index (κ2) is 0.772. The van der Waals surface area contributed by atoms with Crippen molar-refractivity contribution in [1.29, 1.82) is 0 Å². The predicted octanol–water partition coefficient (Wildman–Crippen LogP) is 0.101. The molecule has 0 atom stereocenters. The summed E-state index contributed by atoms with van der Waals surface area (Å²) in [4.78, 5) is 0. The lowest BCUT2D eigenvalue weighted by Gasteiger charge is -1.86. The SMILES string of the molecule is [C]#CC1(O)CC1. The molecule has 31 valence electrons. The van der Waals surface area contributed by atoms with Crippen molar-refractivity contribution in [1.82, 2.24) is 0 Å². The van der Waals surface area contributed by atoms with Gasteiger partial charge in [0.05, 0.1) is 0 Å². The number of hydrogen-bond donors (Lipinski definition) is 1.